The molecule has 1 aliphatic rings. The molecule has 1 saturated heterocycles. The van der Waals surface area contributed by atoms with Gasteiger partial charge in [0, 0.05) is 23.8 Å². The van der Waals surface area contributed by atoms with Gasteiger partial charge in [0.25, 0.3) is 15.9 Å². The number of carbonyl (C=O) groups excluding carboxylic acids is 1. The number of anilines is 1. The second-order valence-corrected chi connectivity index (χ2v) is 12.9. The summed E-state index contributed by atoms with van der Waals surface area (Å²) in [7, 11) is -0.949. The Kier molecular flexibility index (Phi) is 10.6. The lowest BCUT2D eigenvalue weighted by Crippen LogP contribution is -2.50. The highest BCUT2D eigenvalue weighted by atomic mass is 35.5. The molecule has 2 aromatic carbocycles. The van der Waals surface area contributed by atoms with E-state index in [-0.39, 0.29) is 39.3 Å². The van der Waals surface area contributed by atoms with E-state index in [2.05, 4.69) is 5.32 Å². The molecule has 1 amide bonds. The van der Waals surface area contributed by atoms with E-state index in [1.165, 1.54) is 30.8 Å². The zero-order chi connectivity index (χ0) is 28.8. The average Bonchev–Trinajstić information content (AvgIpc) is 2.87. The van der Waals surface area contributed by atoms with Crippen molar-refractivity contribution < 1.29 is 26.7 Å². The molecular weight excluding hydrogens is 570 g/mol. The van der Waals surface area contributed by atoms with Crippen molar-refractivity contribution in [3.05, 3.63) is 52.8 Å². The maximum atomic E-state index is 15.3. The SMILES string of the molecule is CN(C)C[C@@H](F)[C@H](CSc1ccc(F)cc1)Nc1c(Cl)cc(S(=O)(=O)NC(=O)[C@@]2(C)CCCCO2)cc1C#N. The molecule has 0 saturated carbocycles. The Hall–Kier alpha value is -2.43. The number of nitrogens with one attached hydrogen (secondary N) is 2. The van der Waals surface area contributed by atoms with Crippen molar-refractivity contribution in [2.45, 2.75) is 53.8 Å². The number of benzene rings is 2. The summed E-state index contributed by atoms with van der Waals surface area (Å²) in [4.78, 5) is 14.7. The summed E-state index contributed by atoms with van der Waals surface area (Å²) in [5, 5.41) is 12.6. The Morgan fingerprint density at radius 3 is 2.56 bits per heavy atom. The fourth-order valence-corrected chi connectivity index (χ4v) is 6.44. The molecular formula is C26H31ClF2N4O4S2. The Morgan fingerprint density at radius 1 is 1.28 bits per heavy atom. The van der Waals surface area contributed by atoms with Crippen molar-refractivity contribution in [1.82, 2.24) is 9.62 Å². The van der Waals surface area contributed by atoms with E-state index in [0.717, 1.165) is 29.9 Å². The Labute approximate surface area is 237 Å². The number of carbonyl (C=O) groups is 1. The third-order valence-corrected chi connectivity index (χ3v) is 8.96. The topological polar surface area (TPSA) is 112 Å². The zero-order valence-corrected chi connectivity index (χ0v) is 24.2. The maximum absolute atomic E-state index is 15.3. The van der Waals surface area contributed by atoms with Crippen LogP contribution in [0.15, 0.2) is 46.2 Å². The molecule has 3 atom stereocenters. The van der Waals surface area contributed by atoms with Crippen molar-refractivity contribution in [2.24, 2.45) is 0 Å². The molecule has 3 rings (SSSR count). The summed E-state index contributed by atoms with van der Waals surface area (Å²) in [6.45, 7) is 1.95. The first-order chi connectivity index (χ1) is 18.3. The van der Waals surface area contributed by atoms with E-state index in [0.29, 0.717) is 13.0 Å². The van der Waals surface area contributed by atoms with Crippen molar-refractivity contribution >= 4 is 45.0 Å². The number of amides is 1. The molecule has 212 valence electrons. The number of sulfonamides is 1. The van der Waals surface area contributed by atoms with Gasteiger partial charge in [-0.05, 0) is 76.7 Å². The molecule has 1 heterocycles. The second kappa shape index (κ2) is 13.3. The number of hydrogen-bond acceptors (Lipinski definition) is 8. The summed E-state index contributed by atoms with van der Waals surface area (Å²) in [5.41, 5.74) is -1.35. The van der Waals surface area contributed by atoms with Crippen LogP contribution < -0.4 is 10.0 Å². The Balaban J connectivity index is 1.85. The Bertz CT molecular complexity index is 1310. The quantitative estimate of drug-likeness (QED) is 0.360. The predicted molar refractivity (Wildman–Crippen MR) is 148 cm³/mol. The first-order valence-corrected chi connectivity index (χ1v) is 15.1. The second-order valence-electron chi connectivity index (χ2n) is 9.70. The highest BCUT2D eigenvalue weighted by Gasteiger charge is 2.38. The lowest BCUT2D eigenvalue weighted by Gasteiger charge is -2.32. The van der Waals surface area contributed by atoms with Crippen LogP contribution in [0.2, 0.25) is 5.02 Å². The molecule has 0 bridgehead atoms. The van der Waals surface area contributed by atoms with Gasteiger partial charge in [0.2, 0.25) is 0 Å². The summed E-state index contributed by atoms with van der Waals surface area (Å²) < 4.78 is 62.2. The molecule has 2 N–H and O–H groups in total. The van der Waals surface area contributed by atoms with Gasteiger partial charge >= 0.3 is 0 Å². The molecule has 0 aliphatic carbocycles. The number of nitrogens with zero attached hydrogens (tertiary/aromatic N) is 2. The number of hydrogen-bond donors (Lipinski definition) is 2. The summed E-state index contributed by atoms with van der Waals surface area (Å²) in [5.74, 6) is -0.987. The fraction of sp³-hybridized carbons (Fsp3) is 0.462. The van der Waals surface area contributed by atoms with Gasteiger partial charge in [-0.2, -0.15) is 5.26 Å². The van der Waals surface area contributed by atoms with Crippen molar-refractivity contribution in [2.75, 3.05) is 38.3 Å². The monoisotopic (exact) mass is 600 g/mol. The van der Waals surface area contributed by atoms with E-state index in [9.17, 15) is 22.9 Å². The molecule has 39 heavy (non-hydrogen) atoms. The van der Waals surface area contributed by atoms with Crippen LogP contribution in [0, 0.1) is 17.1 Å². The average molecular weight is 601 g/mol. The van der Waals surface area contributed by atoms with Crippen LogP contribution in [-0.4, -0.2) is 70.0 Å². The van der Waals surface area contributed by atoms with E-state index in [1.54, 1.807) is 31.1 Å². The highest BCUT2D eigenvalue weighted by Crippen LogP contribution is 2.33. The molecule has 0 radical (unpaired) electrons. The standard InChI is InChI=1S/C26H31ClF2N4O4S2/c1-26(10-4-5-11-37-26)25(34)32-39(35,36)20-12-17(14-30)24(21(27)13-20)31-23(22(29)15-33(2)3)16-38-19-8-6-18(28)7-9-19/h6-9,12-13,22-23,31H,4-5,10-11,15-16H2,1-3H3,(H,32,34)/t22-,23+,26-/m1/s1. The number of halogens is 3. The Morgan fingerprint density at radius 2 is 1.97 bits per heavy atom. The zero-order valence-electron chi connectivity index (χ0n) is 21.8. The van der Waals surface area contributed by atoms with Crippen LogP contribution in [-0.2, 0) is 19.6 Å². The normalized spacial score (nSPS) is 19.2. The van der Waals surface area contributed by atoms with Gasteiger partial charge in [-0.15, -0.1) is 11.8 Å². The molecule has 1 aliphatic heterocycles. The molecule has 0 aromatic heterocycles. The van der Waals surface area contributed by atoms with Crippen LogP contribution in [0.3, 0.4) is 0 Å². The van der Waals surface area contributed by atoms with Crippen LogP contribution >= 0.6 is 23.4 Å². The fourth-order valence-electron chi connectivity index (χ4n) is 3.99. The molecule has 0 spiro atoms. The van der Waals surface area contributed by atoms with Crippen LogP contribution in [0.1, 0.15) is 31.7 Å². The lowest BCUT2D eigenvalue weighted by atomic mass is 9.95. The number of alkyl halides is 1. The molecule has 8 nitrogen and oxygen atoms in total. The summed E-state index contributed by atoms with van der Waals surface area (Å²) in [6, 6.07) is 9.03. The van der Waals surface area contributed by atoms with E-state index < -0.39 is 33.7 Å². The lowest BCUT2D eigenvalue weighted by molar-refractivity contribution is -0.148. The predicted octanol–water partition coefficient (Wildman–Crippen LogP) is 4.59. The number of nitriles is 1. The summed E-state index contributed by atoms with van der Waals surface area (Å²) in [6.07, 6.45) is 0.479. The first-order valence-electron chi connectivity index (χ1n) is 12.2. The van der Waals surface area contributed by atoms with Crippen molar-refractivity contribution in [3.63, 3.8) is 0 Å². The maximum Gasteiger partial charge on any atom is 0.265 e. The minimum atomic E-state index is -4.39. The first kappa shape index (κ1) is 31.1. The smallest absolute Gasteiger partial charge is 0.265 e. The van der Waals surface area contributed by atoms with Gasteiger partial charge < -0.3 is 15.0 Å². The minimum Gasteiger partial charge on any atom is -0.376 e. The van der Waals surface area contributed by atoms with Gasteiger partial charge in [-0.25, -0.2) is 21.9 Å². The number of thioether (sulfide) groups is 1. The van der Waals surface area contributed by atoms with E-state index in [4.69, 9.17) is 16.3 Å². The van der Waals surface area contributed by atoms with Crippen LogP contribution in [0.4, 0.5) is 14.5 Å². The van der Waals surface area contributed by atoms with Gasteiger partial charge in [-0.3, -0.25) is 4.79 Å². The molecule has 0 unspecified atom stereocenters. The third-order valence-electron chi connectivity index (χ3n) is 6.22. The van der Waals surface area contributed by atoms with Gasteiger partial charge in [-0.1, -0.05) is 11.6 Å². The van der Waals surface area contributed by atoms with E-state index in [1.807, 2.05) is 10.8 Å². The largest absolute Gasteiger partial charge is 0.376 e. The van der Waals surface area contributed by atoms with Crippen LogP contribution in [0.5, 0.6) is 0 Å². The number of ether oxygens (including phenoxy) is 1. The number of rotatable bonds is 11. The molecule has 13 heteroatoms. The third kappa shape index (κ3) is 8.28. The highest BCUT2D eigenvalue weighted by molar-refractivity contribution is 7.99. The van der Waals surface area contributed by atoms with Gasteiger partial charge in [0.15, 0.2) is 0 Å². The van der Waals surface area contributed by atoms with Crippen LogP contribution in [0.25, 0.3) is 0 Å². The molecule has 2 aromatic rings. The summed E-state index contributed by atoms with van der Waals surface area (Å²) >= 11 is 7.71. The van der Waals surface area contributed by atoms with Crippen molar-refractivity contribution in [3.8, 4) is 6.07 Å². The van der Waals surface area contributed by atoms with E-state index >= 15 is 4.39 Å². The van der Waals surface area contributed by atoms with Gasteiger partial charge in [0.1, 0.15) is 23.7 Å². The minimum absolute atomic E-state index is 0.0677. The van der Waals surface area contributed by atoms with Crippen molar-refractivity contribution in [1.29, 1.82) is 5.26 Å². The molecule has 1 fully saturated rings. The van der Waals surface area contributed by atoms with Gasteiger partial charge in [0.05, 0.1) is 27.2 Å².